The summed E-state index contributed by atoms with van der Waals surface area (Å²) in [5.74, 6) is -0.360. The minimum absolute atomic E-state index is 0.110. The first kappa shape index (κ1) is 19.4. The van der Waals surface area contributed by atoms with E-state index < -0.39 is 5.97 Å². The smallest absolute Gasteiger partial charge is 0.364 e. The molecule has 28 heavy (non-hydrogen) atoms. The first-order valence-electron chi connectivity index (χ1n) is 9.47. The quantitative estimate of drug-likeness (QED) is 0.594. The van der Waals surface area contributed by atoms with E-state index in [9.17, 15) is 4.79 Å². The molecular formula is C20H22Cl2N4O2. The highest BCUT2D eigenvalue weighted by atomic mass is 35.5. The molecule has 1 spiro atoms. The summed E-state index contributed by atoms with van der Waals surface area (Å²) in [4.78, 5) is 22.6. The maximum Gasteiger partial charge on any atom is 0.364 e. The van der Waals surface area contributed by atoms with Gasteiger partial charge in [0.15, 0.2) is 11.4 Å². The minimum Gasteiger partial charge on any atom is -0.418 e. The second-order valence-corrected chi connectivity index (χ2v) is 8.32. The molecule has 6 nitrogen and oxygen atoms in total. The molecule has 1 atom stereocenters. The Morgan fingerprint density at radius 3 is 2.64 bits per heavy atom. The van der Waals surface area contributed by atoms with Gasteiger partial charge in [0.2, 0.25) is 0 Å². The molecule has 2 aromatic rings. The fourth-order valence-electron chi connectivity index (χ4n) is 4.40. The number of rotatable bonds is 3. The number of anilines is 1. The highest BCUT2D eigenvalue weighted by molar-refractivity contribution is 6.43. The molecule has 0 amide bonds. The molecule has 0 bridgehead atoms. The van der Waals surface area contributed by atoms with Gasteiger partial charge in [-0.05, 0) is 43.2 Å². The Balaban J connectivity index is 1.58. The summed E-state index contributed by atoms with van der Waals surface area (Å²) >= 11 is 12.6. The molecule has 1 aromatic carbocycles. The van der Waals surface area contributed by atoms with Gasteiger partial charge in [0.05, 0.1) is 16.9 Å². The van der Waals surface area contributed by atoms with Crippen molar-refractivity contribution in [2.45, 2.75) is 38.1 Å². The van der Waals surface area contributed by atoms with Crippen LogP contribution in [0, 0.1) is 5.41 Å². The number of nitrogens with zero attached hydrogens (tertiary/aromatic N) is 3. The lowest BCUT2D eigenvalue weighted by molar-refractivity contribution is 0.0728. The zero-order chi connectivity index (χ0) is 19.7. The molecule has 1 aliphatic heterocycles. The largest absolute Gasteiger partial charge is 0.418 e. The third-order valence-electron chi connectivity index (χ3n) is 6.07. The fraction of sp³-hybridized carbons (Fsp3) is 0.450. The van der Waals surface area contributed by atoms with Gasteiger partial charge in [0.1, 0.15) is 5.02 Å². The lowest BCUT2D eigenvalue weighted by Gasteiger charge is -2.43. The SMILES string of the molecule is N[C@@H]1CCCC12CCN(c1ccc(Cl)c(Cl)c1OC(=O)c1cnccn1)CC2. The molecule has 8 heteroatoms. The number of ether oxygens (including phenoxy) is 1. The van der Waals surface area contributed by atoms with E-state index in [4.69, 9.17) is 33.7 Å². The van der Waals surface area contributed by atoms with Gasteiger partial charge in [-0.15, -0.1) is 0 Å². The highest BCUT2D eigenvalue weighted by Gasteiger charge is 2.43. The van der Waals surface area contributed by atoms with E-state index in [1.807, 2.05) is 6.07 Å². The van der Waals surface area contributed by atoms with E-state index in [0.29, 0.717) is 5.02 Å². The predicted molar refractivity (Wildman–Crippen MR) is 109 cm³/mol. The summed E-state index contributed by atoms with van der Waals surface area (Å²) in [6.07, 6.45) is 9.82. The lowest BCUT2D eigenvalue weighted by Crippen LogP contribution is -2.47. The standard InChI is InChI=1S/C20H22Cl2N4O2/c21-13-3-4-15(26-10-6-20(7-11-26)5-1-2-16(20)23)18(17(13)22)28-19(27)14-12-24-8-9-25-14/h3-4,8-9,12,16H,1-2,5-7,10-11,23H2/t16-/m1/s1. The average molecular weight is 421 g/mol. The molecule has 4 rings (SSSR count). The summed E-state index contributed by atoms with van der Waals surface area (Å²) in [6.45, 7) is 1.67. The summed E-state index contributed by atoms with van der Waals surface area (Å²) in [5.41, 5.74) is 7.50. The van der Waals surface area contributed by atoms with Gasteiger partial charge in [-0.2, -0.15) is 0 Å². The Hall–Kier alpha value is -1.89. The van der Waals surface area contributed by atoms with Crippen LogP contribution >= 0.6 is 23.2 Å². The summed E-state index contributed by atoms with van der Waals surface area (Å²) < 4.78 is 5.61. The van der Waals surface area contributed by atoms with Crippen molar-refractivity contribution >= 4 is 34.9 Å². The van der Waals surface area contributed by atoms with E-state index in [1.54, 1.807) is 6.07 Å². The second-order valence-electron chi connectivity index (χ2n) is 7.54. The third-order valence-corrected chi connectivity index (χ3v) is 6.86. The Labute approximate surface area is 174 Å². The second kappa shape index (κ2) is 7.85. The molecule has 2 N–H and O–H groups in total. The zero-order valence-corrected chi connectivity index (χ0v) is 16.9. The normalized spacial score (nSPS) is 21.1. The van der Waals surface area contributed by atoms with Crippen molar-refractivity contribution in [2.24, 2.45) is 11.1 Å². The average Bonchev–Trinajstić information content (AvgIpc) is 3.07. The van der Waals surface area contributed by atoms with Crippen molar-refractivity contribution in [1.29, 1.82) is 0 Å². The molecule has 148 valence electrons. The van der Waals surface area contributed by atoms with Crippen LogP contribution in [0.5, 0.6) is 5.75 Å². The number of carbonyl (C=O) groups excluding carboxylic acids is 1. The number of piperidine rings is 1. The van der Waals surface area contributed by atoms with Gasteiger partial charge in [-0.25, -0.2) is 9.78 Å². The van der Waals surface area contributed by atoms with Crippen molar-refractivity contribution in [2.75, 3.05) is 18.0 Å². The molecular weight excluding hydrogens is 399 g/mol. The number of halogens is 2. The topological polar surface area (TPSA) is 81.3 Å². The molecule has 2 fully saturated rings. The summed E-state index contributed by atoms with van der Waals surface area (Å²) in [7, 11) is 0. The number of benzene rings is 1. The molecule has 2 aliphatic rings. The van der Waals surface area contributed by atoms with Crippen molar-refractivity contribution in [3.05, 3.63) is 46.5 Å². The van der Waals surface area contributed by atoms with E-state index >= 15 is 0 Å². The monoisotopic (exact) mass is 420 g/mol. The van der Waals surface area contributed by atoms with E-state index in [-0.39, 0.29) is 27.9 Å². The van der Waals surface area contributed by atoms with Gasteiger partial charge < -0.3 is 15.4 Å². The molecule has 1 aliphatic carbocycles. The highest BCUT2D eigenvalue weighted by Crippen LogP contribution is 2.48. The van der Waals surface area contributed by atoms with Gasteiger partial charge in [0.25, 0.3) is 0 Å². The molecule has 1 aromatic heterocycles. The van der Waals surface area contributed by atoms with Crippen LogP contribution in [0.25, 0.3) is 0 Å². The molecule has 0 radical (unpaired) electrons. The molecule has 2 heterocycles. The van der Waals surface area contributed by atoms with Gasteiger partial charge >= 0.3 is 5.97 Å². The van der Waals surface area contributed by atoms with Crippen LogP contribution in [0.4, 0.5) is 5.69 Å². The van der Waals surface area contributed by atoms with Crippen LogP contribution in [0.3, 0.4) is 0 Å². The fourth-order valence-corrected chi connectivity index (χ4v) is 4.74. The summed E-state index contributed by atoms with van der Waals surface area (Å²) in [5, 5.41) is 0.549. The number of esters is 1. The lowest BCUT2D eigenvalue weighted by atomic mass is 9.74. The van der Waals surface area contributed by atoms with E-state index in [1.165, 1.54) is 31.4 Å². The molecule has 1 saturated heterocycles. The van der Waals surface area contributed by atoms with Crippen molar-refractivity contribution in [3.8, 4) is 5.75 Å². The maximum atomic E-state index is 12.5. The van der Waals surface area contributed by atoms with Crippen molar-refractivity contribution in [1.82, 2.24) is 9.97 Å². The van der Waals surface area contributed by atoms with Crippen LogP contribution in [-0.4, -0.2) is 35.1 Å². The maximum absolute atomic E-state index is 12.5. The Kier molecular flexibility index (Phi) is 5.45. The van der Waals surface area contributed by atoms with E-state index in [0.717, 1.165) is 38.0 Å². The predicted octanol–water partition coefficient (Wildman–Crippen LogP) is 4.10. The Morgan fingerprint density at radius 1 is 1.21 bits per heavy atom. The van der Waals surface area contributed by atoms with Gasteiger partial charge in [-0.3, -0.25) is 4.98 Å². The Morgan fingerprint density at radius 2 is 2.00 bits per heavy atom. The van der Waals surface area contributed by atoms with Crippen molar-refractivity contribution < 1.29 is 9.53 Å². The first-order valence-corrected chi connectivity index (χ1v) is 10.2. The van der Waals surface area contributed by atoms with E-state index in [2.05, 4.69) is 14.9 Å². The van der Waals surface area contributed by atoms with Crippen LogP contribution in [-0.2, 0) is 0 Å². The minimum atomic E-state index is -0.621. The first-order chi connectivity index (χ1) is 13.5. The number of aromatic nitrogens is 2. The van der Waals surface area contributed by atoms with Gasteiger partial charge in [-0.1, -0.05) is 29.6 Å². The number of nitrogens with two attached hydrogens (primary N) is 1. The number of hydrogen-bond acceptors (Lipinski definition) is 6. The molecule has 0 unspecified atom stereocenters. The van der Waals surface area contributed by atoms with Gasteiger partial charge in [0, 0.05) is 31.5 Å². The van der Waals surface area contributed by atoms with Crippen LogP contribution in [0.2, 0.25) is 10.0 Å². The summed E-state index contributed by atoms with van der Waals surface area (Å²) in [6, 6.07) is 3.85. The van der Waals surface area contributed by atoms with Crippen LogP contribution in [0.1, 0.15) is 42.6 Å². The van der Waals surface area contributed by atoms with Crippen molar-refractivity contribution in [3.63, 3.8) is 0 Å². The zero-order valence-electron chi connectivity index (χ0n) is 15.4. The Bertz CT molecular complexity index is 870. The van der Waals surface area contributed by atoms with Crippen LogP contribution < -0.4 is 15.4 Å². The third kappa shape index (κ3) is 3.56. The van der Waals surface area contributed by atoms with Crippen LogP contribution in [0.15, 0.2) is 30.7 Å². The number of carbonyl (C=O) groups is 1. The number of hydrogen-bond donors (Lipinski definition) is 1. The molecule has 1 saturated carbocycles.